The Morgan fingerprint density at radius 1 is 0.875 bits per heavy atom. The number of Topliss-reactive ketones (excluding diaryl/α,β-unsaturated/α-hetero) is 1. The van der Waals surface area contributed by atoms with E-state index < -0.39 is 11.7 Å². The quantitative estimate of drug-likeness (QED) is 0.173. The van der Waals surface area contributed by atoms with Crippen molar-refractivity contribution in [2.24, 2.45) is 0 Å². The van der Waals surface area contributed by atoms with Crippen LogP contribution in [0.15, 0.2) is 85.5 Å². The van der Waals surface area contributed by atoms with Gasteiger partial charge in [0.25, 0.3) is 0 Å². The monoisotopic (exact) mass is 538 g/mol. The van der Waals surface area contributed by atoms with E-state index in [1.807, 2.05) is 54.6 Å². The van der Waals surface area contributed by atoms with Crippen molar-refractivity contribution in [2.75, 3.05) is 11.9 Å². The number of ether oxygens (including phenoxy) is 2. The molecule has 206 valence electrons. The SMILES string of the molecule is CC(C)(C)OC(=O)Nc1ccc(-c2ccccc2)cc1CC(=O)c1ncc(CCCOCc2cccnc2)cn1. The summed E-state index contributed by atoms with van der Waals surface area (Å²) in [7, 11) is 0. The minimum atomic E-state index is -0.648. The third-order valence-electron chi connectivity index (χ3n) is 5.90. The number of hydrogen-bond acceptors (Lipinski definition) is 7. The van der Waals surface area contributed by atoms with Crippen molar-refractivity contribution in [3.63, 3.8) is 0 Å². The lowest BCUT2D eigenvalue weighted by molar-refractivity contribution is 0.0635. The second-order valence-electron chi connectivity index (χ2n) is 10.4. The number of ketones is 1. The largest absolute Gasteiger partial charge is 0.444 e. The summed E-state index contributed by atoms with van der Waals surface area (Å²) in [6.07, 6.45) is 7.88. The highest BCUT2D eigenvalue weighted by Crippen LogP contribution is 2.27. The van der Waals surface area contributed by atoms with Crippen molar-refractivity contribution in [3.05, 3.63) is 108 Å². The molecule has 1 amide bonds. The summed E-state index contributed by atoms with van der Waals surface area (Å²) in [6.45, 7) is 6.51. The number of carbonyl (C=O) groups excluding carboxylic acids is 2. The van der Waals surface area contributed by atoms with E-state index in [0.717, 1.165) is 35.1 Å². The molecule has 0 spiro atoms. The Hall–Kier alpha value is -4.43. The van der Waals surface area contributed by atoms with Crippen molar-refractivity contribution in [1.82, 2.24) is 15.0 Å². The Morgan fingerprint density at radius 3 is 2.35 bits per heavy atom. The van der Waals surface area contributed by atoms with Gasteiger partial charge in [0.2, 0.25) is 5.78 Å². The first-order valence-electron chi connectivity index (χ1n) is 13.3. The minimum Gasteiger partial charge on any atom is -0.444 e. The van der Waals surface area contributed by atoms with E-state index in [2.05, 4.69) is 20.3 Å². The smallest absolute Gasteiger partial charge is 0.412 e. The van der Waals surface area contributed by atoms with Crippen LogP contribution in [0.3, 0.4) is 0 Å². The standard InChI is InChI=1S/C32H34N4O4/c1-32(2,3)40-31(38)36-28-14-13-26(25-11-5-4-6-12-25)17-27(28)18-29(37)30-34-20-23(21-35-30)10-8-16-39-22-24-9-7-15-33-19-24/h4-7,9,11-15,17,19-21H,8,10,16,18,22H2,1-3H3,(H,36,38). The van der Waals surface area contributed by atoms with Crippen LogP contribution in [0.4, 0.5) is 10.5 Å². The average molecular weight is 539 g/mol. The molecule has 0 unspecified atom stereocenters. The number of anilines is 1. The lowest BCUT2D eigenvalue weighted by Crippen LogP contribution is -2.27. The number of nitrogens with one attached hydrogen (secondary N) is 1. The zero-order chi connectivity index (χ0) is 28.4. The van der Waals surface area contributed by atoms with E-state index in [9.17, 15) is 9.59 Å². The molecule has 0 saturated carbocycles. The summed E-state index contributed by atoms with van der Waals surface area (Å²) in [5.74, 6) is -0.117. The molecule has 0 bridgehead atoms. The lowest BCUT2D eigenvalue weighted by atomic mass is 9.98. The number of hydrogen-bond donors (Lipinski definition) is 1. The van der Waals surface area contributed by atoms with E-state index in [1.165, 1.54) is 0 Å². The van der Waals surface area contributed by atoms with Gasteiger partial charge >= 0.3 is 6.09 Å². The maximum atomic E-state index is 13.2. The molecule has 2 aromatic carbocycles. The van der Waals surface area contributed by atoms with Gasteiger partial charge in [-0.3, -0.25) is 15.1 Å². The molecule has 0 saturated heterocycles. The molecule has 2 aromatic heterocycles. The topological polar surface area (TPSA) is 103 Å². The van der Waals surface area contributed by atoms with Gasteiger partial charge in [-0.1, -0.05) is 42.5 Å². The van der Waals surface area contributed by atoms with Crippen LogP contribution >= 0.6 is 0 Å². The molecular weight excluding hydrogens is 504 g/mol. The van der Waals surface area contributed by atoms with Crippen LogP contribution < -0.4 is 5.32 Å². The molecule has 0 fully saturated rings. The van der Waals surface area contributed by atoms with Crippen LogP contribution in [0.5, 0.6) is 0 Å². The molecule has 4 aromatic rings. The number of aryl methyl sites for hydroxylation is 1. The molecular formula is C32H34N4O4. The van der Waals surface area contributed by atoms with Crippen molar-refractivity contribution >= 4 is 17.6 Å². The van der Waals surface area contributed by atoms with Crippen LogP contribution in [0, 0.1) is 0 Å². The number of benzene rings is 2. The Labute approximate surface area is 234 Å². The summed E-state index contributed by atoms with van der Waals surface area (Å²) in [6, 6.07) is 19.3. The molecule has 0 aliphatic rings. The van der Waals surface area contributed by atoms with Gasteiger partial charge in [0.15, 0.2) is 5.82 Å². The predicted octanol–water partition coefficient (Wildman–Crippen LogP) is 6.46. The maximum Gasteiger partial charge on any atom is 0.412 e. The van der Waals surface area contributed by atoms with Gasteiger partial charge in [-0.05, 0) is 79.6 Å². The van der Waals surface area contributed by atoms with Crippen molar-refractivity contribution in [3.8, 4) is 11.1 Å². The number of carbonyl (C=O) groups is 2. The predicted molar refractivity (Wildman–Crippen MR) is 154 cm³/mol. The van der Waals surface area contributed by atoms with Gasteiger partial charge in [-0.25, -0.2) is 14.8 Å². The maximum absolute atomic E-state index is 13.2. The van der Waals surface area contributed by atoms with E-state index in [0.29, 0.717) is 24.5 Å². The summed E-state index contributed by atoms with van der Waals surface area (Å²) in [5, 5.41) is 2.79. The highest BCUT2D eigenvalue weighted by Gasteiger charge is 2.19. The van der Waals surface area contributed by atoms with Crippen LogP contribution in [0.1, 0.15) is 54.5 Å². The lowest BCUT2D eigenvalue weighted by Gasteiger charge is -2.20. The Balaban J connectivity index is 1.39. The number of pyridine rings is 1. The third-order valence-corrected chi connectivity index (χ3v) is 5.90. The fourth-order valence-corrected chi connectivity index (χ4v) is 4.02. The summed E-state index contributed by atoms with van der Waals surface area (Å²) in [5.41, 5.74) is 4.41. The zero-order valence-corrected chi connectivity index (χ0v) is 23.1. The molecule has 0 aliphatic heterocycles. The second kappa shape index (κ2) is 13.6. The fourth-order valence-electron chi connectivity index (χ4n) is 4.02. The number of amides is 1. The van der Waals surface area contributed by atoms with Gasteiger partial charge in [0.1, 0.15) is 5.60 Å². The van der Waals surface area contributed by atoms with Crippen LogP contribution in [0.2, 0.25) is 0 Å². The van der Waals surface area contributed by atoms with Crippen molar-refractivity contribution in [2.45, 2.75) is 52.2 Å². The van der Waals surface area contributed by atoms with E-state index in [-0.39, 0.29) is 18.0 Å². The third kappa shape index (κ3) is 8.81. The molecule has 8 heteroatoms. The molecule has 40 heavy (non-hydrogen) atoms. The zero-order valence-electron chi connectivity index (χ0n) is 23.1. The van der Waals surface area contributed by atoms with Crippen molar-refractivity contribution in [1.29, 1.82) is 0 Å². The molecule has 0 atom stereocenters. The van der Waals surface area contributed by atoms with Crippen LogP contribution in [-0.2, 0) is 28.9 Å². The minimum absolute atomic E-state index is 0.0212. The van der Waals surface area contributed by atoms with Gasteiger partial charge in [0, 0.05) is 43.5 Å². The summed E-state index contributed by atoms with van der Waals surface area (Å²) >= 11 is 0. The Kier molecular flexibility index (Phi) is 9.70. The number of nitrogens with zero attached hydrogens (tertiary/aromatic N) is 3. The van der Waals surface area contributed by atoms with Gasteiger partial charge in [-0.15, -0.1) is 0 Å². The highest BCUT2D eigenvalue weighted by molar-refractivity contribution is 5.96. The molecule has 0 radical (unpaired) electrons. The Morgan fingerprint density at radius 2 is 1.65 bits per heavy atom. The van der Waals surface area contributed by atoms with Gasteiger partial charge in [-0.2, -0.15) is 0 Å². The first-order valence-corrected chi connectivity index (χ1v) is 13.3. The molecule has 4 rings (SSSR count). The second-order valence-corrected chi connectivity index (χ2v) is 10.4. The molecule has 1 N–H and O–H groups in total. The molecule has 8 nitrogen and oxygen atoms in total. The first kappa shape index (κ1) is 28.6. The fraction of sp³-hybridized carbons (Fsp3) is 0.281. The summed E-state index contributed by atoms with van der Waals surface area (Å²) < 4.78 is 11.1. The van der Waals surface area contributed by atoms with E-state index in [4.69, 9.17) is 9.47 Å². The number of aromatic nitrogens is 3. The normalized spacial score (nSPS) is 11.2. The van der Waals surface area contributed by atoms with Crippen molar-refractivity contribution < 1.29 is 19.1 Å². The first-order chi connectivity index (χ1) is 19.3. The molecule has 2 heterocycles. The van der Waals surface area contributed by atoms with Gasteiger partial charge in [0.05, 0.1) is 6.61 Å². The van der Waals surface area contributed by atoms with Crippen LogP contribution in [0.25, 0.3) is 11.1 Å². The molecule has 0 aliphatic carbocycles. The number of rotatable bonds is 11. The van der Waals surface area contributed by atoms with Crippen LogP contribution in [-0.4, -0.2) is 39.0 Å². The van der Waals surface area contributed by atoms with E-state index in [1.54, 1.807) is 51.6 Å². The summed E-state index contributed by atoms with van der Waals surface area (Å²) in [4.78, 5) is 38.4. The highest BCUT2D eigenvalue weighted by atomic mass is 16.6. The van der Waals surface area contributed by atoms with E-state index >= 15 is 0 Å². The average Bonchev–Trinajstić information content (AvgIpc) is 2.94. The Bertz CT molecular complexity index is 1400. The van der Waals surface area contributed by atoms with Gasteiger partial charge < -0.3 is 9.47 Å².